The van der Waals surface area contributed by atoms with Crippen LogP contribution < -0.4 is 0 Å². The first-order valence-electron chi connectivity index (χ1n) is 5.84. The number of carboxylic acids is 1. The van der Waals surface area contributed by atoms with Gasteiger partial charge in [0.05, 0.1) is 19.3 Å². The molecular weight excluding hydrogens is 218 g/mol. The van der Waals surface area contributed by atoms with Gasteiger partial charge in [0, 0.05) is 13.1 Å². The van der Waals surface area contributed by atoms with Crippen LogP contribution in [-0.2, 0) is 16.0 Å². The molecule has 1 aliphatic rings. The molecule has 1 saturated heterocycles. The molecule has 1 aliphatic heterocycles. The second kappa shape index (κ2) is 5.80. The zero-order chi connectivity index (χ0) is 12.1. The highest BCUT2D eigenvalue weighted by Gasteiger charge is 2.21. The normalized spacial score (nSPS) is 21.3. The minimum absolute atomic E-state index is 0.102. The van der Waals surface area contributed by atoms with E-state index < -0.39 is 5.97 Å². The van der Waals surface area contributed by atoms with E-state index in [1.54, 1.807) is 0 Å². The molecule has 92 valence electrons. The first-order chi connectivity index (χ1) is 8.24. The van der Waals surface area contributed by atoms with Crippen LogP contribution >= 0.6 is 0 Å². The SMILES string of the molecule is O=C(O)CN1CCOC(Cc2ccccc2)C1. The quantitative estimate of drug-likeness (QED) is 0.846. The molecule has 4 nitrogen and oxygen atoms in total. The van der Waals surface area contributed by atoms with Crippen molar-refractivity contribution in [2.75, 3.05) is 26.2 Å². The van der Waals surface area contributed by atoms with E-state index in [1.807, 2.05) is 23.1 Å². The lowest BCUT2D eigenvalue weighted by Crippen LogP contribution is -2.45. The van der Waals surface area contributed by atoms with Gasteiger partial charge in [-0.3, -0.25) is 9.69 Å². The molecule has 0 amide bonds. The number of nitrogens with zero attached hydrogens (tertiary/aromatic N) is 1. The fourth-order valence-electron chi connectivity index (χ4n) is 2.12. The zero-order valence-corrected chi connectivity index (χ0v) is 9.71. The Hall–Kier alpha value is -1.39. The Kier molecular flexibility index (Phi) is 4.12. The van der Waals surface area contributed by atoms with Crippen molar-refractivity contribution in [1.82, 2.24) is 4.90 Å². The van der Waals surface area contributed by atoms with Crippen LogP contribution in [-0.4, -0.2) is 48.3 Å². The van der Waals surface area contributed by atoms with Gasteiger partial charge in [-0.15, -0.1) is 0 Å². The van der Waals surface area contributed by atoms with Crippen LogP contribution in [0.4, 0.5) is 0 Å². The van der Waals surface area contributed by atoms with Gasteiger partial charge < -0.3 is 9.84 Å². The molecule has 17 heavy (non-hydrogen) atoms. The summed E-state index contributed by atoms with van der Waals surface area (Å²) in [6.45, 7) is 2.12. The third kappa shape index (κ3) is 3.84. The highest BCUT2D eigenvalue weighted by atomic mass is 16.5. The van der Waals surface area contributed by atoms with Crippen LogP contribution in [0.15, 0.2) is 30.3 Å². The molecule has 1 heterocycles. The summed E-state index contributed by atoms with van der Waals surface area (Å²) in [5.41, 5.74) is 1.23. The van der Waals surface area contributed by atoms with Crippen LogP contribution in [0.3, 0.4) is 0 Å². The van der Waals surface area contributed by atoms with Crippen LogP contribution in [0.2, 0.25) is 0 Å². The van der Waals surface area contributed by atoms with E-state index in [-0.39, 0.29) is 12.6 Å². The van der Waals surface area contributed by atoms with Gasteiger partial charge in [-0.05, 0) is 12.0 Å². The Morgan fingerprint density at radius 1 is 1.41 bits per heavy atom. The molecule has 2 rings (SSSR count). The molecule has 1 fully saturated rings. The Bertz CT molecular complexity index is 366. The molecule has 0 spiro atoms. The van der Waals surface area contributed by atoms with Crippen LogP contribution in [0.1, 0.15) is 5.56 Å². The first-order valence-corrected chi connectivity index (χ1v) is 5.84. The van der Waals surface area contributed by atoms with Crippen molar-refractivity contribution < 1.29 is 14.6 Å². The van der Waals surface area contributed by atoms with Gasteiger partial charge >= 0.3 is 5.97 Å². The summed E-state index contributed by atoms with van der Waals surface area (Å²) >= 11 is 0. The summed E-state index contributed by atoms with van der Waals surface area (Å²) in [4.78, 5) is 12.6. The summed E-state index contributed by atoms with van der Waals surface area (Å²) in [6.07, 6.45) is 0.947. The lowest BCUT2D eigenvalue weighted by Gasteiger charge is -2.31. The highest BCUT2D eigenvalue weighted by Crippen LogP contribution is 2.11. The van der Waals surface area contributed by atoms with Crippen molar-refractivity contribution in [1.29, 1.82) is 0 Å². The molecule has 0 aromatic heterocycles. The van der Waals surface area contributed by atoms with Crippen molar-refractivity contribution in [2.45, 2.75) is 12.5 Å². The fourth-order valence-corrected chi connectivity index (χ4v) is 2.12. The van der Waals surface area contributed by atoms with Gasteiger partial charge in [0.1, 0.15) is 0 Å². The van der Waals surface area contributed by atoms with Crippen molar-refractivity contribution >= 4 is 5.97 Å². The molecular formula is C13H17NO3. The maximum Gasteiger partial charge on any atom is 0.317 e. The molecule has 0 bridgehead atoms. The minimum Gasteiger partial charge on any atom is -0.480 e. The van der Waals surface area contributed by atoms with Gasteiger partial charge in [-0.1, -0.05) is 30.3 Å². The maximum absolute atomic E-state index is 10.7. The molecule has 1 N–H and O–H groups in total. The number of aliphatic carboxylic acids is 1. The summed E-state index contributed by atoms with van der Waals surface area (Å²) in [5.74, 6) is -0.773. The number of ether oxygens (including phenoxy) is 1. The number of morpholine rings is 1. The predicted octanol–water partition coefficient (Wildman–Crippen LogP) is 1.01. The number of hydrogen-bond donors (Lipinski definition) is 1. The van der Waals surface area contributed by atoms with Gasteiger partial charge in [0.15, 0.2) is 0 Å². The number of hydrogen-bond acceptors (Lipinski definition) is 3. The van der Waals surface area contributed by atoms with Crippen molar-refractivity contribution in [3.8, 4) is 0 Å². The van der Waals surface area contributed by atoms with E-state index in [2.05, 4.69) is 12.1 Å². The second-order valence-corrected chi connectivity index (χ2v) is 4.31. The van der Waals surface area contributed by atoms with E-state index >= 15 is 0 Å². The summed E-state index contributed by atoms with van der Waals surface area (Å²) in [7, 11) is 0. The third-order valence-electron chi connectivity index (χ3n) is 2.89. The molecule has 1 unspecified atom stereocenters. The second-order valence-electron chi connectivity index (χ2n) is 4.31. The zero-order valence-electron chi connectivity index (χ0n) is 9.71. The largest absolute Gasteiger partial charge is 0.480 e. The molecule has 0 radical (unpaired) electrons. The van der Waals surface area contributed by atoms with Gasteiger partial charge in [-0.25, -0.2) is 0 Å². The van der Waals surface area contributed by atoms with Crippen molar-refractivity contribution in [3.63, 3.8) is 0 Å². The summed E-state index contributed by atoms with van der Waals surface area (Å²) in [6, 6.07) is 10.1. The van der Waals surface area contributed by atoms with Crippen LogP contribution in [0, 0.1) is 0 Å². The Morgan fingerprint density at radius 3 is 2.88 bits per heavy atom. The Balaban J connectivity index is 1.87. The first kappa shape index (κ1) is 12.1. The Labute approximate surface area is 101 Å². The number of rotatable bonds is 4. The molecule has 1 aromatic rings. The standard InChI is InChI=1S/C13H17NO3/c15-13(16)10-14-6-7-17-12(9-14)8-11-4-2-1-3-5-11/h1-5,12H,6-10H2,(H,15,16). The molecule has 0 saturated carbocycles. The lowest BCUT2D eigenvalue weighted by atomic mass is 10.1. The maximum atomic E-state index is 10.7. The van der Waals surface area contributed by atoms with Crippen molar-refractivity contribution in [3.05, 3.63) is 35.9 Å². The summed E-state index contributed by atoms with van der Waals surface area (Å²) in [5, 5.41) is 8.76. The van der Waals surface area contributed by atoms with Crippen molar-refractivity contribution in [2.24, 2.45) is 0 Å². The average molecular weight is 235 g/mol. The molecule has 0 aliphatic carbocycles. The average Bonchev–Trinajstić information content (AvgIpc) is 2.30. The van der Waals surface area contributed by atoms with Gasteiger partial charge in [0.2, 0.25) is 0 Å². The van der Waals surface area contributed by atoms with E-state index in [0.29, 0.717) is 19.7 Å². The smallest absolute Gasteiger partial charge is 0.317 e. The monoisotopic (exact) mass is 235 g/mol. The number of carbonyl (C=O) groups is 1. The van der Waals surface area contributed by atoms with E-state index in [9.17, 15) is 4.79 Å². The minimum atomic E-state index is -0.773. The van der Waals surface area contributed by atoms with Gasteiger partial charge in [-0.2, -0.15) is 0 Å². The lowest BCUT2D eigenvalue weighted by molar-refractivity contribution is -0.140. The molecule has 1 atom stereocenters. The van der Waals surface area contributed by atoms with Crippen LogP contribution in [0.5, 0.6) is 0 Å². The number of carboxylic acid groups (broad SMARTS) is 1. The third-order valence-corrected chi connectivity index (χ3v) is 2.89. The van der Waals surface area contributed by atoms with E-state index in [1.165, 1.54) is 5.56 Å². The molecule has 1 aromatic carbocycles. The number of benzene rings is 1. The van der Waals surface area contributed by atoms with E-state index in [0.717, 1.165) is 6.42 Å². The van der Waals surface area contributed by atoms with Gasteiger partial charge in [0.25, 0.3) is 0 Å². The van der Waals surface area contributed by atoms with Crippen LogP contribution in [0.25, 0.3) is 0 Å². The Morgan fingerprint density at radius 2 is 2.18 bits per heavy atom. The highest BCUT2D eigenvalue weighted by molar-refractivity contribution is 5.69. The fraction of sp³-hybridized carbons (Fsp3) is 0.462. The predicted molar refractivity (Wildman–Crippen MR) is 64.0 cm³/mol. The topological polar surface area (TPSA) is 49.8 Å². The molecule has 4 heteroatoms. The van der Waals surface area contributed by atoms with E-state index in [4.69, 9.17) is 9.84 Å². The summed E-state index contributed by atoms with van der Waals surface area (Å²) < 4.78 is 5.66.